The van der Waals surface area contributed by atoms with Crippen molar-refractivity contribution < 1.29 is 5.11 Å². The van der Waals surface area contributed by atoms with Crippen molar-refractivity contribution in [3.8, 4) is 0 Å². The summed E-state index contributed by atoms with van der Waals surface area (Å²) in [4.78, 5) is 0. The maximum absolute atomic E-state index is 9.30. The molecule has 0 amide bonds. The molecule has 0 bridgehead atoms. The number of rotatable bonds is 8. The van der Waals surface area contributed by atoms with Crippen molar-refractivity contribution in [1.82, 2.24) is 5.32 Å². The van der Waals surface area contributed by atoms with Gasteiger partial charge in [0.2, 0.25) is 0 Å². The number of hydrogen-bond acceptors (Lipinski definition) is 3. The van der Waals surface area contributed by atoms with Crippen molar-refractivity contribution >= 4 is 11.8 Å². The Balaban J connectivity index is 2.02. The smallest absolute Gasteiger partial charge is 0.0462 e. The van der Waals surface area contributed by atoms with Gasteiger partial charge in [0.05, 0.1) is 0 Å². The molecule has 0 spiro atoms. The van der Waals surface area contributed by atoms with Gasteiger partial charge in [0, 0.05) is 6.61 Å². The van der Waals surface area contributed by atoms with Gasteiger partial charge in [-0.25, -0.2) is 0 Å². The van der Waals surface area contributed by atoms with Gasteiger partial charge >= 0.3 is 0 Å². The lowest BCUT2D eigenvalue weighted by Crippen LogP contribution is -2.32. The zero-order chi connectivity index (χ0) is 11.6. The summed E-state index contributed by atoms with van der Waals surface area (Å²) in [7, 11) is 0. The van der Waals surface area contributed by atoms with Gasteiger partial charge in [-0.2, -0.15) is 11.8 Å². The van der Waals surface area contributed by atoms with Crippen LogP contribution in [0.5, 0.6) is 0 Å². The quantitative estimate of drug-likeness (QED) is 0.645. The van der Waals surface area contributed by atoms with E-state index in [1.165, 1.54) is 44.3 Å². The largest absolute Gasteiger partial charge is 0.396 e. The molecule has 0 radical (unpaired) electrons. The normalized spacial score (nSPS) is 25.9. The Morgan fingerprint density at radius 1 is 1.19 bits per heavy atom. The highest BCUT2D eigenvalue weighted by molar-refractivity contribution is 7.98. The maximum atomic E-state index is 9.30. The van der Waals surface area contributed by atoms with Crippen LogP contribution in [0.25, 0.3) is 0 Å². The number of unbranched alkanes of at least 4 members (excludes halogenated alkanes) is 1. The minimum atomic E-state index is 0.388. The van der Waals surface area contributed by atoms with Crippen molar-refractivity contribution in [2.75, 3.05) is 31.7 Å². The Kier molecular flexibility index (Phi) is 8.34. The van der Waals surface area contributed by atoms with Crippen molar-refractivity contribution in [3.05, 3.63) is 0 Å². The third-order valence-corrected chi connectivity index (χ3v) is 4.36. The third-order valence-electron chi connectivity index (χ3n) is 3.66. The van der Waals surface area contributed by atoms with Crippen molar-refractivity contribution in [2.24, 2.45) is 11.8 Å². The van der Waals surface area contributed by atoms with Gasteiger partial charge in [0.1, 0.15) is 0 Å². The predicted octanol–water partition coefficient (Wildman–Crippen LogP) is 2.52. The monoisotopic (exact) mass is 245 g/mol. The fourth-order valence-electron chi connectivity index (χ4n) is 2.58. The number of hydrogen-bond donors (Lipinski definition) is 2. The Morgan fingerprint density at radius 3 is 2.62 bits per heavy atom. The Hall–Kier alpha value is 0.270. The number of nitrogens with one attached hydrogen (secondary N) is 1. The molecule has 0 heterocycles. The molecule has 1 rings (SSSR count). The van der Waals surface area contributed by atoms with E-state index >= 15 is 0 Å². The Labute approximate surface area is 105 Å². The minimum Gasteiger partial charge on any atom is -0.396 e. The minimum absolute atomic E-state index is 0.388. The van der Waals surface area contributed by atoms with Gasteiger partial charge in [-0.05, 0) is 62.6 Å². The van der Waals surface area contributed by atoms with Crippen LogP contribution in [0.3, 0.4) is 0 Å². The molecule has 1 fully saturated rings. The molecule has 3 heteroatoms. The van der Waals surface area contributed by atoms with Crippen LogP contribution < -0.4 is 5.32 Å². The van der Waals surface area contributed by atoms with Crippen molar-refractivity contribution in [1.29, 1.82) is 0 Å². The molecule has 2 atom stereocenters. The number of thioether (sulfide) groups is 1. The summed E-state index contributed by atoms with van der Waals surface area (Å²) in [5.41, 5.74) is 0. The Bertz CT molecular complexity index is 166. The molecule has 0 aromatic heterocycles. The summed E-state index contributed by atoms with van der Waals surface area (Å²) in [6, 6.07) is 0. The van der Waals surface area contributed by atoms with E-state index in [1.807, 2.05) is 11.8 Å². The molecular formula is C13H27NOS. The van der Waals surface area contributed by atoms with E-state index in [-0.39, 0.29) is 0 Å². The summed E-state index contributed by atoms with van der Waals surface area (Å²) in [6.07, 6.45) is 9.99. The first-order valence-corrected chi connectivity index (χ1v) is 8.08. The highest BCUT2D eigenvalue weighted by Gasteiger charge is 2.23. The average Bonchev–Trinajstić information content (AvgIpc) is 2.34. The first-order valence-electron chi connectivity index (χ1n) is 6.69. The molecule has 1 aliphatic rings. The molecule has 2 N–H and O–H groups in total. The molecule has 96 valence electrons. The van der Waals surface area contributed by atoms with Crippen molar-refractivity contribution in [3.63, 3.8) is 0 Å². The number of aliphatic hydroxyl groups excluding tert-OH is 1. The van der Waals surface area contributed by atoms with Gasteiger partial charge in [0.25, 0.3) is 0 Å². The molecule has 1 saturated carbocycles. The van der Waals surface area contributed by atoms with Crippen LogP contribution in [0.2, 0.25) is 0 Å². The third kappa shape index (κ3) is 5.55. The van der Waals surface area contributed by atoms with Crippen LogP contribution in [0.1, 0.15) is 38.5 Å². The lowest BCUT2D eigenvalue weighted by Gasteiger charge is -2.30. The number of aliphatic hydroxyl groups is 1. The predicted molar refractivity (Wildman–Crippen MR) is 73.0 cm³/mol. The highest BCUT2D eigenvalue weighted by atomic mass is 32.2. The fraction of sp³-hybridized carbons (Fsp3) is 1.00. The van der Waals surface area contributed by atoms with E-state index in [0.29, 0.717) is 12.5 Å². The van der Waals surface area contributed by atoms with Crippen molar-refractivity contribution in [2.45, 2.75) is 38.5 Å². The van der Waals surface area contributed by atoms with E-state index < -0.39 is 0 Å². The maximum Gasteiger partial charge on any atom is 0.0462 e. The summed E-state index contributed by atoms with van der Waals surface area (Å²) < 4.78 is 0. The van der Waals surface area contributed by atoms with E-state index in [2.05, 4.69) is 11.6 Å². The molecule has 1 aliphatic carbocycles. The lowest BCUT2D eigenvalue weighted by atomic mass is 9.79. The summed E-state index contributed by atoms with van der Waals surface area (Å²) >= 11 is 1.93. The first kappa shape index (κ1) is 14.3. The molecule has 0 aromatic rings. The van der Waals surface area contributed by atoms with E-state index in [9.17, 15) is 5.11 Å². The highest BCUT2D eigenvalue weighted by Crippen LogP contribution is 2.28. The van der Waals surface area contributed by atoms with Crippen LogP contribution in [0, 0.1) is 11.8 Å². The molecular weight excluding hydrogens is 218 g/mol. The van der Waals surface area contributed by atoms with Crippen LogP contribution in [0.15, 0.2) is 0 Å². The van der Waals surface area contributed by atoms with Crippen LogP contribution in [0.4, 0.5) is 0 Å². The van der Waals surface area contributed by atoms with Crippen LogP contribution in [-0.4, -0.2) is 36.8 Å². The van der Waals surface area contributed by atoms with E-state index in [4.69, 9.17) is 0 Å². The second-order valence-electron chi connectivity index (χ2n) is 4.89. The second-order valence-corrected chi connectivity index (χ2v) is 5.88. The molecule has 2 unspecified atom stereocenters. The van der Waals surface area contributed by atoms with Gasteiger partial charge in [-0.15, -0.1) is 0 Å². The van der Waals surface area contributed by atoms with Gasteiger partial charge in [0.15, 0.2) is 0 Å². The standard InChI is InChI=1S/C13H27NOS/c1-16-9-5-4-8-14-10-12-6-2-3-7-13(12)11-15/h12-15H,2-11H2,1H3. The molecule has 0 saturated heterocycles. The zero-order valence-electron chi connectivity index (χ0n) is 10.6. The molecule has 0 aromatic carbocycles. The average molecular weight is 245 g/mol. The summed E-state index contributed by atoms with van der Waals surface area (Å²) in [5, 5.41) is 12.9. The van der Waals surface area contributed by atoms with Crippen LogP contribution in [-0.2, 0) is 0 Å². The van der Waals surface area contributed by atoms with E-state index in [1.54, 1.807) is 0 Å². The molecule has 16 heavy (non-hydrogen) atoms. The fourth-order valence-corrected chi connectivity index (χ4v) is 3.07. The lowest BCUT2D eigenvalue weighted by molar-refractivity contribution is 0.133. The topological polar surface area (TPSA) is 32.3 Å². The second kappa shape index (κ2) is 9.32. The first-order chi connectivity index (χ1) is 7.88. The molecule has 0 aliphatic heterocycles. The summed E-state index contributed by atoms with van der Waals surface area (Å²) in [5.74, 6) is 2.57. The van der Waals surface area contributed by atoms with Gasteiger partial charge in [-0.3, -0.25) is 0 Å². The Morgan fingerprint density at radius 2 is 1.94 bits per heavy atom. The van der Waals surface area contributed by atoms with Crippen LogP contribution >= 0.6 is 11.8 Å². The SMILES string of the molecule is CSCCCCNCC1CCCCC1CO. The van der Waals surface area contributed by atoms with Gasteiger partial charge in [-0.1, -0.05) is 12.8 Å². The zero-order valence-corrected chi connectivity index (χ0v) is 11.4. The molecule has 2 nitrogen and oxygen atoms in total. The summed E-state index contributed by atoms with van der Waals surface area (Å²) in [6.45, 7) is 2.65. The van der Waals surface area contributed by atoms with Gasteiger partial charge < -0.3 is 10.4 Å². The van der Waals surface area contributed by atoms with E-state index in [0.717, 1.165) is 19.0 Å².